The molecule has 1 aromatic rings. The molecule has 0 spiro atoms. The van der Waals surface area contributed by atoms with Gasteiger partial charge in [-0.1, -0.05) is 19.9 Å². The second-order valence-electron chi connectivity index (χ2n) is 5.80. The van der Waals surface area contributed by atoms with Gasteiger partial charge in [-0.15, -0.1) is 0 Å². The van der Waals surface area contributed by atoms with Gasteiger partial charge in [0, 0.05) is 37.3 Å². The molecule has 1 amide bonds. The summed E-state index contributed by atoms with van der Waals surface area (Å²) in [6.07, 6.45) is 1.61. The van der Waals surface area contributed by atoms with Crippen LogP contribution < -0.4 is 15.0 Å². The monoisotopic (exact) mass is 276 g/mol. The van der Waals surface area contributed by atoms with Crippen LogP contribution in [0.4, 0.5) is 5.69 Å². The van der Waals surface area contributed by atoms with Crippen molar-refractivity contribution in [2.24, 2.45) is 5.92 Å². The largest absolute Gasteiger partial charge is 0.497 e. The molecule has 0 aromatic heterocycles. The Bertz CT molecular complexity index is 460. The minimum absolute atomic E-state index is 0.164. The average molecular weight is 276 g/mol. The molecule has 110 valence electrons. The van der Waals surface area contributed by atoms with Gasteiger partial charge in [0.05, 0.1) is 7.11 Å². The second-order valence-corrected chi connectivity index (χ2v) is 5.80. The van der Waals surface area contributed by atoms with E-state index in [4.69, 9.17) is 4.74 Å². The van der Waals surface area contributed by atoms with Crippen molar-refractivity contribution < 1.29 is 9.53 Å². The molecule has 0 bridgehead atoms. The van der Waals surface area contributed by atoms with Gasteiger partial charge in [0.2, 0.25) is 5.91 Å². The van der Waals surface area contributed by atoms with Crippen LogP contribution in [0.3, 0.4) is 0 Å². The number of nitrogens with zero attached hydrogens (tertiary/aromatic N) is 1. The lowest BCUT2D eigenvalue weighted by Crippen LogP contribution is -2.37. The number of ether oxygens (including phenoxy) is 1. The fourth-order valence-electron chi connectivity index (χ4n) is 2.58. The molecule has 0 saturated carbocycles. The lowest BCUT2D eigenvalue weighted by molar-refractivity contribution is -0.122. The number of hydrogen-bond donors (Lipinski definition) is 1. The average Bonchev–Trinajstić information content (AvgIpc) is 2.86. The highest BCUT2D eigenvalue weighted by atomic mass is 16.5. The number of nitrogens with one attached hydrogen (secondary N) is 1. The lowest BCUT2D eigenvalue weighted by Gasteiger charge is -2.20. The smallest absolute Gasteiger partial charge is 0.220 e. The Labute approximate surface area is 121 Å². The molecule has 1 aliphatic heterocycles. The summed E-state index contributed by atoms with van der Waals surface area (Å²) in [5.41, 5.74) is 1.16. The molecular formula is C16H24N2O2. The van der Waals surface area contributed by atoms with Gasteiger partial charge in [-0.25, -0.2) is 0 Å². The third-order valence-corrected chi connectivity index (χ3v) is 3.57. The third-order valence-electron chi connectivity index (χ3n) is 3.57. The number of rotatable bonds is 5. The standard InChI is InChI=1S/C16H24N2O2/c1-12(2)9-16(19)17-13-7-8-18(11-13)14-5-4-6-15(10-14)20-3/h4-6,10,12-13H,7-9,11H2,1-3H3,(H,17,19)/t13-/m0/s1. The molecule has 2 rings (SSSR count). The van der Waals surface area contributed by atoms with E-state index in [2.05, 4.69) is 30.1 Å². The number of amides is 1. The van der Waals surface area contributed by atoms with Crippen LogP contribution in [0, 0.1) is 5.92 Å². The summed E-state index contributed by atoms with van der Waals surface area (Å²) in [5, 5.41) is 3.13. The van der Waals surface area contributed by atoms with E-state index in [9.17, 15) is 4.79 Å². The molecule has 1 heterocycles. The Hall–Kier alpha value is -1.71. The number of anilines is 1. The van der Waals surface area contributed by atoms with E-state index in [1.807, 2.05) is 18.2 Å². The van der Waals surface area contributed by atoms with Crippen LogP contribution in [-0.2, 0) is 4.79 Å². The summed E-state index contributed by atoms with van der Waals surface area (Å²) in [7, 11) is 1.68. The zero-order valence-electron chi connectivity index (χ0n) is 12.6. The van der Waals surface area contributed by atoms with Crippen LogP contribution in [0.15, 0.2) is 24.3 Å². The Kier molecular flexibility index (Phi) is 4.88. The minimum Gasteiger partial charge on any atom is -0.497 e. The first kappa shape index (κ1) is 14.7. The van der Waals surface area contributed by atoms with Crippen molar-refractivity contribution in [3.8, 4) is 5.75 Å². The van der Waals surface area contributed by atoms with Crippen molar-refractivity contribution in [2.75, 3.05) is 25.1 Å². The van der Waals surface area contributed by atoms with E-state index in [1.54, 1.807) is 7.11 Å². The summed E-state index contributed by atoms with van der Waals surface area (Å²) in [4.78, 5) is 14.1. The molecule has 20 heavy (non-hydrogen) atoms. The Balaban J connectivity index is 1.90. The first-order valence-corrected chi connectivity index (χ1v) is 7.27. The quantitative estimate of drug-likeness (QED) is 0.898. The predicted octanol–water partition coefficient (Wildman–Crippen LogP) is 2.44. The van der Waals surface area contributed by atoms with Crippen molar-refractivity contribution in [2.45, 2.75) is 32.7 Å². The zero-order chi connectivity index (χ0) is 14.5. The van der Waals surface area contributed by atoms with Gasteiger partial charge in [-0.05, 0) is 24.5 Å². The van der Waals surface area contributed by atoms with Crippen LogP contribution in [0.5, 0.6) is 5.75 Å². The van der Waals surface area contributed by atoms with E-state index < -0.39 is 0 Å². The highest BCUT2D eigenvalue weighted by molar-refractivity contribution is 5.76. The molecule has 1 N–H and O–H groups in total. The highest BCUT2D eigenvalue weighted by Crippen LogP contribution is 2.24. The van der Waals surface area contributed by atoms with Crippen LogP contribution in [0.2, 0.25) is 0 Å². The minimum atomic E-state index is 0.164. The van der Waals surface area contributed by atoms with Crippen LogP contribution in [-0.4, -0.2) is 32.1 Å². The molecule has 1 aliphatic rings. The molecule has 1 atom stereocenters. The van der Waals surface area contributed by atoms with Gasteiger partial charge >= 0.3 is 0 Å². The van der Waals surface area contributed by atoms with Gasteiger partial charge in [-0.3, -0.25) is 4.79 Å². The van der Waals surface area contributed by atoms with Gasteiger partial charge in [-0.2, -0.15) is 0 Å². The summed E-state index contributed by atoms with van der Waals surface area (Å²) in [5.74, 6) is 1.44. The first-order valence-electron chi connectivity index (χ1n) is 7.27. The number of methoxy groups -OCH3 is 1. The predicted molar refractivity (Wildman–Crippen MR) is 81.2 cm³/mol. The maximum absolute atomic E-state index is 11.8. The van der Waals surface area contributed by atoms with E-state index >= 15 is 0 Å². The first-order chi connectivity index (χ1) is 9.58. The van der Waals surface area contributed by atoms with Gasteiger partial charge in [0.1, 0.15) is 5.75 Å². The molecule has 1 saturated heterocycles. The second kappa shape index (κ2) is 6.64. The molecule has 0 unspecified atom stereocenters. The normalized spacial score (nSPS) is 18.4. The number of hydrogen-bond acceptors (Lipinski definition) is 3. The van der Waals surface area contributed by atoms with Crippen molar-refractivity contribution in [1.82, 2.24) is 5.32 Å². The topological polar surface area (TPSA) is 41.6 Å². The molecule has 4 heteroatoms. The van der Waals surface area contributed by atoms with Crippen molar-refractivity contribution in [3.05, 3.63) is 24.3 Å². The summed E-state index contributed by atoms with van der Waals surface area (Å²) in [6, 6.07) is 8.33. The SMILES string of the molecule is COc1cccc(N2CC[C@H](NC(=O)CC(C)C)C2)c1. The zero-order valence-corrected chi connectivity index (χ0v) is 12.6. The van der Waals surface area contributed by atoms with Crippen molar-refractivity contribution in [1.29, 1.82) is 0 Å². The third kappa shape index (κ3) is 3.89. The molecule has 0 aliphatic carbocycles. The van der Waals surface area contributed by atoms with E-state index in [-0.39, 0.29) is 11.9 Å². The molecule has 1 fully saturated rings. The Morgan fingerprint density at radius 2 is 2.30 bits per heavy atom. The maximum atomic E-state index is 11.8. The molecule has 4 nitrogen and oxygen atoms in total. The van der Waals surface area contributed by atoms with Gasteiger partial charge in [0.15, 0.2) is 0 Å². The van der Waals surface area contributed by atoms with Crippen molar-refractivity contribution >= 4 is 11.6 Å². The lowest BCUT2D eigenvalue weighted by atomic mass is 10.1. The fourth-order valence-corrected chi connectivity index (χ4v) is 2.58. The van der Waals surface area contributed by atoms with E-state index in [0.717, 1.165) is 30.9 Å². The van der Waals surface area contributed by atoms with E-state index in [1.165, 1.54) is 0 Å². The van der Waals surface area contributed by atoms with E-state index in [0.29, 0.717) is 12.3 Å². The van der Waals surface area contributed by atoms with Crippen LogP contribution in [0.25, 0.3) is 0 Å². The summed E-state index contributed by atoms with van der Waals surface area (Å²) >= 11 is 0. The number of benzene rings is 1. The van der Waals surface area contributed by atoms with Gasteiger partial charge in [0.25, 0.3) is 0 Å². The maximum Gasteiger partial charge on any atom is 0.220 e. The molecule has 0 radical (unpaired) electrons. The van der Waals surface area contributed by atoms with Crippen LogP contribution >= 0.6 is 0 Å². The highest BCUT2D eigenvalue weighted by Gasteiger charge is 2.24. The fraction of sp³-hybridized carbons (Fsp3) is 0.562. The Morgan fingerprint density at radius 1 is 1.50 bits per heavy atom. The van der Waals surface area contributed by atoms with Gasteiger partial charge < -0.3 is 15.0 Å². The number of carbonyl (C=O) groups excluding carboxylic acids is 1. The summed E-state index contributed by atoms with van der Waals surface area (Å²) in [6.45, 7) is 5.98. The summed E-state index contributed by atoms with van der Waals surface area (Å²) < 4.78 is 5.25. The Morgan fingerprint density at radius 3 is 3.00 bits per heavy atom. The van der Waals surface area contributed by atoms with Crippen LogP contribution in [0.1, 0.15) is 26.7 Å². The molecule has 1 aromatic carbocycles. The van der Waals surface area contributed by atoms with Crippen molar-refractivity contribution in [3.63, 3.8) is 0 Å². The number of carbonyl (C=O) groups is 1. The molecular weight excluding hydrogens is 252 g/mol.